The Morgan fingerprint density at radius 2 is 2.04 bits per heavy atom. The van der Waals surface area contributed by atoms with Gasteiger partial charge in [0.2, 0.25) is 5.91 Å². The van der Waals surface area contributed by atoms with Gasteiger partial charge >= 0.3 is 5.97 Å². The number of carbonyl (C=O) groups is 2. The van der Waals surface area contributed by atoms with Crippen LogP contribution in [0.4, 0.5) is 14.6 Å². The van der Waals surface area contributed by atoms with Crippen molar-refractivity contribution in [1.29, 1.82) is 0 Å². The van der Waals surface area contributed by atoms with Gasteiger partial charge in [0.1, 0.15) is 11.5 Å². The Balaban J connectivity index is 2.24. The summed E-state index contributed by atoms with van der Waals surface area (Å²) in [6.45, 7) is 2.05. The van der Waals surface area contributed by atoms with Crippen molar-refractivity contribution in [3.8, 4) is 5.82 Å². The Hall–Kier alpha value is -3.43. The van der Waals surface area contributed by atoms with Gasteiger partial charge in [0, 0.05) is 26.1 Å². The number of hydrogen-bond acceptors (Lipinski definition) is 6. The van der Waals surface area contributed by atoms with Crippen LogP contribution in [0.25, 0.3) is 16.7 Å². The minimum Gasteiger partial charge on any atom is -0.464 e. The van der Waals surface area contributed by atoms with E-state index in [0.717, 1.165) is 6.92 Å². The van der Waals surface area contributed by atoms with Crippen LogP contribution < -0.4 is 5.32 Å². The van der Waals surface area contributed by atoms with Crippen LogP contribution in [0.15, 0.2) is 30.5 Å². The number of ether oxygens (including phenoxy) is 1. The Morgan fingerprint density at radius 3 is 2.67 bits per heavy atom. The number of fused-ring (bicyclic) bond motifs is 1. The molecule has 3 rings (SSSR count). The third-order valence-electron chi connectivity index (χ3n) is 3.65. The van der Waals surface area contributed by atoms with Gasteiger partial charge in [-0.25, -0.2) is 19.4 Å². The molecule has 27 heavy (non-hydrogen) atoms. The van der Waals surface area contributed by atoms with Crippen molar-refractivity contribution >= 4 is 28.6 Å². The smallest absolute Gasteiger partial charge is 0.359 e. The highest BCUT2D eigenvalue weighted by atomic mass is 19.3. The van der Waals surface area contributed by atoms with Crippen molar-refractivity contribution < 1.29 is 23.1 Å². The molecule has 0 aliphatic rings. The summed E-state index contributed by atoms with van der Waals surface area (Å²) < 4.78 is 33.2. The molecule has 0 radical (unpaired) electrons. The van der Waals surface area contributed by atoms with Gasteiger partial charge in [-0.2, -0.15) is 13.9 Å². The molecule has 0 unspecified atom stereocenters. The summed E-state index contributed by atoms with van der Waals surface area (Å²) in [5.74, 6) is -3.91. The fraction of sp³-hybridized carbons (Fsp3) is 0.235. The molecular weight excluding hydrogens is 360 g/mol. The molecule has 8 nitrogen and oxygen atoms in total. The second-order valence-corrected chi connectivity index (χ2v) is 5.79. The molecule has 0 saturated carbocycles. The standard InChI is InChI=1S/C17H15F2N5O3/c1-9(25)21-13-7-11-10(8-20-13)15(16(26)27-3)23-24(11)14-6-4-5-12(22-14)17(2,18)19/h4-8H,1-3H3,(H,20,21,25). The number of esters is 1. The van der Waals surface area contributed by atoms with E-state index in [1.807, 2.05) is 0 Å². The van der Waals surface area contributed by atoms with E-state index in [2.05, 4.69) is 20.4 Å². The first-order valence-electron chi connectivity index (χ1n) is 7.81. The van der Waals surface area contributed by atoms with Gasteiger partial charge in [-0.1, -0.05) is 6.07 Å². The number of anilines is 1. The van der Waals surface area contributed by atoms with Gasteiger partial charge in [-0.3, -0.25) is 4.79 Å². The fourth-order valence-electron chi connectivity index (χ4n) is 2.47. The maximum absolute atomic E-state index is 13.6. The summed E-state index contributed by atoms with van der Waals surface area (Å²) in [5.41, 5.74) is -0.150. The number of alkyl halides is 2. The lowest BCUT2D eigenvalue weighted by Gasteiger charge is -2.11. The van der Waals surface area contributed by atoms with Gasteiger partial charge in [-0.05, 0) is 12.1 Å². The molecule has 140 valence electrons. The van der Waals surface area contributed by atoms with Crippen LogP contribution in [0.1, 0.15) is 30.0 Å². The third kappa shape index (κ3) is 3.59. The Bertz CT molecular complexity index is 1040. The lowest BCUT2D eigenvalue weighted by Crippen LogP contribution is -2.12. The Kier molecular flexibility index (Phi) is 4.56. The van der Waals surface area contributed by atoms with Crippen LogP contribution in [0, 0.1) is 0 Å². The fourth-order valence-corrected chi connectivity index (χ4v) is 2.47. The lowest BCUT2D eigenvalue weighted by atomic mass is 10.2. The number of aromatic nitrogens is 4. The topological polar surface area (TPSA) is 99.0 Å². The van der Waals surface area contributed by atoms with E-state index >= 15 is 0 Å². The number of carbonyl (C=O) groups excluding carboxylic acids is 2. The van der Waals surface area contributed by atoms with Gasteiger partial charge in [0.15, 0.2) is 11.5 Å². The van der Waals surface area contributed by atoms with E-state index in [9.17, 15) is 18.4 Å². The number of pyridine rings is 2. The highest BCUT2D eigenvalue weighted by Gasteiger charge is 2.27. The van der Waals surface area contributed by atoms with E-state index in [1.54, 1.807) is 0 Å². The SMILES string of the molecule is COC(=O)c1nn(-c2cccc(C(C)(F)F)n2)c2cc(NC(C)=O)ncc12. The number of halogens is 2. The molecule has 0 aromatic carbocycles. The van der Waals surface area contributed by atoms with Crippen LogP contribution in [0.2, 0.25) is 0 Å². The predicted octanol–water partition coefficient (Wildman–Crippen LogP) is 2.67. The second-order valence-electron chi connectivity index (χ2n) is 5.79. The molecule has 1 amide bonds. The molecule has 10 heteroatoms. The normalized spacial score (nSPS) is 11.4. The van der Waals surface area contributed by atoms with Crippen LogP contribution in [0.5, 0.6) is 0 Å². The van der Waals surface area contributed by atoms with Gasteiger partial charge in [0.05, 0.1) is 18.0 Å². The monoisotopic (exact) mass is 375 g/mol. The number of nitrogens with zero attached hydrogens (tertiary/aromatic N) is 4. The largest absolute Gasteiger partial charge is 0.464 e. The van der Waals surface area contributed by atoms with Crippen LogP contribution in [0.3, 0.4) is 0 Å². The van der Waals surface area contributed by atoms with Crippen molar-refractivity contribution in [3.05, 3.63) is 41.9 Å². The molecule has 3 aromatic rings. The van der Waals surface area contributed by atoms with Gasteiger partial charge in [-0.15, -0.1) is 0 Å². The Labute approximate surface area is 152 Å². The minimum absolute atomic E-state index is 0.0511. The molecule has 0 atom stereocenters. The van der Waals surface area contributed by atoms with Crippen molar-refractivity contribution in [2.45, 2.75) is 19.8 Å². The van der Waals surface area contributed by atoms with Crippen molar-refractivity contribution in [2.75, 3.05) is 12.4 Å². The molecule has 3 aromatic heterocycles. The summed E-state index contributed by atoms with van der Waals surface area (Å²) in [6, 6.07) is 5.55. The quantitative estimate of drug-likeness (QED) is 0.704. The first-order chi connectivity index (χ1) is 12.7. The first-order valence-corrected chi connectivity index (χ1v) is 7.81. The third-order valence-corrected chi connectivity index (χ3v) is 3.65. The van der Waals surface area contributed by atoms with Crippen molar-refractivity contribution in [3.63, 3.8) is 0 Å². The zero-order chi connectivity index (χ0) is 19.8. The molecule has 0 spiro atoms. The molecule has 0 bridgehead atoms. The number of nitrogens with one attached hydrogen (secondary N) is 1. The molecule has 0 aliphatic carbocycles. The lowest BCUT2D eigenvalue weighted by molar-refractivity contribution is -0.114. The zero-order valence-corrected chi connectivity index (χ0v) is 14.7. The molecule has 0 aliphatic heterocycles. The van der Waals surface area contributed by atoms with E-state index in [-0.39, 0.29) is 23.2 Å². The first kappa shape index (κ1) is 18.4. The zero-order valence-electron chi connectivity index (χ0n) is 14.7. The Morgan fingerprint density at radius 1 is 1.30 bits per heavy atom. The molecule has 1 N–H and O–H groups in total. The summed E-state index contributed by atoms with van der Waals surface area (Å²) >= 11 is 0. The van der Waals surface area contributed by atoms with E-state index in [0.29, 0.717) is 10.9 Å². The summed E-state index contributed by atoms with van der Waals surface area (Å²) in [6.07, 6.45) is 1.34. The maximum atomic E-state index is 13.6. The number of rotatable bonds is 4. The maximum Gasteiger partial charge on any atom is 0.359 e. The van der Waals surface area contributed by atoms with E-state index in [1.165, 1.54) is 49.2 Å². The predicted molar refractivity (Wildman–Crippen MR) is 91.9 cm³/mol. The minimum atomic E-state index is -3.15. The molecular formula is C17H15F2N5O3. The summed E-state index contributed by atoms with van der Waals surface area (Å²) in [7, 11) is 1.20. The van der Waals surface area contributed by atoms with Crippen LogP contribution >= 0.6 is 0 Å². The molecule has 0 fully saturated rings. The van der Waals surface area contributed by atoms with Crippen LogP contribution in [-0.4, -0.2) is 38.7 Å². The molecule has 3 heterocycles. The summed E-state index contributed by atoms with van der Waals surface area (Å²) in [4.78, 5) is 31.3. The highest BCUT2D eigenvalue weighted by Crippen LogP contribution is 2.28. The highest BCUT2D eigenvalue weighted by molar-refractivity contribution is 6.03. The number of hydrogen-bond donors (Lipinski definition) is 1. The van der Waals surface area contributed by atoms with Crippen molar-refractivity contribution in [2.24, 2.45) is 0 Å². The van der Waals surface area contributed by atoms with Crippen LogP contribution in [-0.2, 0) is 15.5 Å². The average Bonchev–Trinajstić information content (AvgIpc) is 2.99. The number of methoxy groups -OCH3 is 1. The van der Waals surface area contributed by atoms with E-state index < -0.39 is 17.6 Å². The van der Waals surface area contributed by atoms with Gasteiger partial charge < -0.3 is 10.1 Å². The number of amides is 1. The summed E-state index contributed by atoms with van der Waals surface area (Å²) in [5, 5.41) is 7.00. The average molecular weight is 375 g/mol. The van der Waals surface area contributed by atoms with Gasteiger partial charge in [0.25, 0.3) is 5.92 Å². The van der Waals surface area contributed by atoms with E-state index in [4.69, 9.17) is 4.74 Å². The van der Waals surface area contributed by atoms with Crippen molar-refractivity contribution in [1.82, 2.24) is 19.7 Å². The molecule has 0 saturated heterocycles. The second kappa shape index (κ2) is 6.71.